The highest BCUT2D eigenvalue weighted by molar-refractivity contribution is 7.14. The van der Waals surface area contributed by atoms with E-state index in [-0.39, 0.29) is 5.91 Å². The molecule has 2 aromatic heterocycles. The number of aryl methyl sites for hydroxylation is 1. The van der Waals surface area contributed by atoms with Crippen molar-refractivity contribution in [1.29, 1.82) is 0 Å². The van der Waals surface area contributed by atoms with Gasteiger partial charge in [-0.15, -0.1) is 22.7 Å². The number of anilines is 1. The smallest absolute Gasteiger partial charge is 0.276 e. The second-order valence-corrected chi connectivity index (χ2v) is 8.15. The summed E-state index contributed by atoms with van der Waals surface area (Å²) in [6.45, 7) is 2.01. The summed E-state index contributed by atoms with van der Waals surface area (Å²) in [5.74, 6) is 1.16. The fourth-order valence-corrected chi connectivity index (χ4v) is 4.50. The van der Waals surface area contributed by atoms with Crippen molar-refractivity contribution in [2.45, 2.75) is 6.92 Å². The molecule has 0 bridgehead atoms. The van der Waals surface area contributed by atoms with Crippen LogP contribution in [-0.4, -0.2) is 30.1 Å². The zero-order valence-corrected chi connectivity index (χ0v) is 18.3. The molecule has 0 aliphatic heterocycles. The van der Waals surface area contributed by atoms with Crippen molar-refractivity contribution in [3.63, 3.8) is 0 Å². The van der Waals surface area contributed by atoms with Crippen LogP contribution in [0.3, 0.4) is 0 Å². The fraction of sp³-hybridized carbons (Fsp3) is 0.136. The van der Waals surface area contributed by atoms with Crippen LogP contribution in [0.15, 0.2) is 53.2 Å². The van der Waals surface area contributed by atoms with Crippen molar-refractivity contribution < 1.29 is 14.3 Å². The topological polar surface area (TPSA) is 73.3 Å². The summed E-state index contributed by atoms with van der Waals surface area (Å²) in [4.78, 5) is 21.7. The number of para-hydroxylation sites is 1. The number of nitrogens with zero attached hydrogens (tertiary/aromatic N) is 2. The number of hydrogen-bond acceptors (Lipinski definition) is 7. The second kappa shape index (κ2) is 8.64. The van der Waals surface area contributed by atoms with Gasteiger partial charge in [0.1, 0.15) is 22.2 Å². The van der Waals surface area contributed by atoms with Crippen LogP contribution in [0.1, 0.15) is 16.1 Å². The number of carbonyl (C=O) groups is 1. The van der Waals surface area contributed by atoms with E-state index >= 15 is 0 Å². The minimum absolute atomic E-state index is 0.301. The average molecular weight is 438 g/mol. The lowest BCUT2D eigenvalue weighted by Gasteiger charge is -2.07. The van der Waals surface area contributed by atoms with Gasteiger partial charge < -0.3 is 9.47 Å². The van der Waals surface area contributed by atoms with Crippen LogP contribution < -0.4 is 14.8 Å². The molecule has 0 spiro atoms. The van der Waals surface area contributed by atoms with E-state index in [2.05, 4.69) is 15.3 Å². The number of rotatable bonds is 6. The number of benzene rings is 2. The van der Waals surface area contributed by atoms with E-state index < -0.39 is 0 Å². The molecule has 0 atom stereocenters. The molecule has 0 saturated heterocycles. The van der Waals surface area contributed by atoms with Crippen LogP contribution in [-0.2, 0) is 0 Å². The van der Waals surface area contributed by atoms with Crippen molar-refractivity contribution >= 4 is 33.7 Å². The molecule has 8 heteroatoms. The van der Waals surface area contributed by atoms with Crippen molar-refractivity contribution in [1.82, 2.24) is 9.97 Å². The number of amides is 1. The molecular formula is C22H19N3O3S2. The number of hydrogen-bond donors (Lipinski definition) is 1. The van der Waals surface area contributed by atoms with Crippen molar-refractivity contribution in [3.8, 4) is 33.3 Å². The molecule has 30 heavy (non-hydrogen) atoms. The first-order chi connectivity index (χ1) is 14.6. The quantitative estimate of drug-likeness (QED) is 0.430. The van der Waals surface area contributed by atoms with Gasteiger partial charge in [-0.1, -0.05) is 23.8 Å². The molecule has 0 radical (unpaired) electrons. The Morgan fingerprint density at radius 2 is 1.70 bits per heavy atom. The molecule has 1 amide bonds. The van der Waals surface area contributed by atoms with Gasteiger partial charge in [0.15, 0.2) is 5.13 Å². The summed E-state index contributed by atoms with van der Waals surface area (Å²) in [5.41, 5.74) is 3.94. The number of thiazole rings is 2. The second-order valence-electron chi connectivity index (χ2n) is 6.43. The summed E-state index contributed by atoms with van der Waals surface area (Å²) in [6, 6.07) is 13.5. The normalized spacial score (nSPS) is 10.6. The maximum atomic E-state index is 12.7. The Hall–Kier alpha value is -3.23. The molecule has 4 rings (SSSR count). The molecule has 0 aliphatic carbocycles. The zero-order chi connectivity index (χ0) is 21.1. The zero-order valence-electron chi connectivity index (χ0n) is 16.6. The predicted molar refractivity (Wildman–Crippen MR) is 121 cm³/mol. The summed E-state index contributed by atoms with van der Waals surface area (Å²) in [6.07, 6.45) is 0. The first kappa shape index (κ1) is 20.1. The lowest BCUT2D eigenvalue weighted by Crippen LogP contribution is -2.12. The number of nitrogens with one attached hydrogen (secondary N) is 1. The van der Waals surface area contributed by atoms with E-state index in [1.54, 1.807) is 19.6 Å². The highest BCUT2D eigenvalue weighted by Gasteiger charge is 2.17. The monoisotopic (exact) mass is 437 g/mol. The van der Waals surface area contributed by atoms with E-state index in [4.69, 9.17) is 9.47 Å². The lowest BCUT2D eigenvalue weighted by molar-refractivity contribution is 0.102. The third kappa shape index (κ3) is 4.05. The van der Waals surface area contributed by atoms with Gasteiger partial charge in [-0.05, 0) is 31.2 Å². The van der Waals surface area contributed by atoms with Gasteiger partial charge in [0, 0.05) is 16.3 Å². The van der Waals surface area contributed by atoms with Crippen LogP contribution >= 0.6 is 22.7 Å². The molecule has 2 heterocycles. The van der Waals surface area contributed by atoms with Gasteiger partial charge in [0.2, 0.25) is 0 Å². The van der Waals surface area contributed by atoms with Crippen LogP contribution in [0, 0.1) is 6.92 Å². The Bertz CT molecular complexity index is 1200. The van der Waals surface area contributed by atoms with E-state index in [9.17, 15) is 4.79 Å². The predicted octanol–water partition coefficient (Wildman–Crippen LogP) is 5.51. The molecule has 0 fully saturated rings. The Balaban J connectivity index is 1.54. The standard InChI is InChI=1S/C22H19N3O3S2/c1-13-8-9-19(28-3)15(10-13)16-11-30-22(24-16)25-20(26)17-12-29-21(23-17)14-6-4-5-7-18(14)27-2/h4-12H,1-3H3,(H,24,25,26). The van der Waals surface area contributed by atoms with E-state index in [1.165, 1.54) is 22.7 Å². The van der Waals surface area contributed by atoms with Crippen molar-refractivity contribution in [2.75, 3.05) is 19.5 Å². The summed E-state index contributed by atoms with van der Waals surface area (Å²) in [5, 5.41) is 7.69. The third-order valence-electron chi connectivity index (χ3n) is 4.43. The van der Waals surface area contributed by atoms with Gasteiger partial charge in [-0.3, -0.25) is 10.1 Å². The summed E-state index contributed by atoms with van der Waals surface area (Å²) in [7, 11) is 3.24. The Labute approximate surface area is 182 Å². The van der Waals surface area contributed by atoms with Gasteiger partial charge in [0.05, 0.1) is 25.5 Å². The van der Waals surface area contributed by atoms with Crippen LogP contribution in [0.2, 0.25) is 0 Å². The van der Waals surface area contributed by atoms with Gasteiger partial charge in [-0.25, -0.2) is 9.97 Å². The van der Waals surface area contributed by atoms with Crippen LogP contribution in [0.5, 0.6) is 11.5 Å². The van der Waals surface area contributed by atoms with Gasteiger partial charge >= 0.3 is 0 Å². The Morgan fingerprint density at radius 1 is 0.933 bits per heavy atom. The maximum Gasteiger partial charge on any atom is 0.276 e. The van der Waals surface area contributed by atoms with Crippen LogP contribution in [0.4, 0.5) is 5.13 Å². The molecule has 152 valence electrons. The highest BCUT2D eigenvalue weighted by Crippen LogP contribution is 2.34. The van der Waals surface area contributed by atoms with Gasteiger partial charge in [0.25, 0.3) is 5.91 Å². The number of ether oxygens (including phenoxy) is 2. The van der Waals surface area contributed by atoms with Crippen molar-refractivity contribution in [3.05, 3.63) is 64.5 Å². The molecule has 4 aromatic rings. The summed E-state index contributed by atoms with van der Waals surface area (Å²) < 4.78 is 10.8. The first-order valence-electron chi connectivity index (χ1n) is 9.10. The number of carbonyl (C=O) groups excluding carboxylic acids is 1. The Morgan fingerprint density at radius 3 is 2.50 bits per heavy atom. The molecule has 6 nitrogen and oxygen atoms in total. The molecule has 2 aromatic carbocycles. The molecular weight excluding hydrogens is 418 g/mol. The molecule has 0 unspecified atom stereocenters. The first-order valence-corrected chi connectivity index (χ1v) is 10.9. The minimum atomic E-state index is -0.301. The Kier molecular flexibility index (Phi) is 5.78. The molecule has 0 saturated carbocycles. The third-order valence-corrected chi connectivity index (χ3v) is 6.06. The molecule has 0 aliphatic rings. The van der Waals surface area contributed by atoms with Gasteiger partial charge in [-0.2, -0.15) is 0 Å². The van der Waals surface area contributed by atoms with E-state index in [1.807, 2.05) is 54.8 Å². The number of aromatic nitrogens is 2. The average Bonchev–Trinajstić information content (AvgIpc) is 3.43. The molecule has 1 N–H and O–H groups in total. The minimum Gasteiger partial charge on any atom is -0.496 e. The SMILES string of the molecule is COc1ccc(C)cc1-c1csc(NC(=O)c2csc(-c3ccccc3OC)n2)n1. The van der Waals surface area contributed by atoms with Crippen LogP contribution in [0.25, 0.3) is 21.8 Å². The fourth-order valence-electron chi connectivity index (χ4n) is 2.96. The largest absolute Gasteiger partial charge is 0.496 e. The summed E-state index contributed by atoms with van der Waals surface area (Å²) >= 11 is 2.75. The number of methoxy groups -OCH3 is 2. The maximum absolute atomic E-state index is 12.7. The lowest BCUT2D eigenvalue weighted by atomic mass is 10.1. The highest BCUT2D eigenvalue weighted by atomic mass is 32.1. The van der Waals surface area contributed by atoms with Crippen molar-refractivity contribution in [2.24, 2.45) is 0 Å². The van der Waals surface area contributed by atoms with E-state index in [0.29, 0.717) is 10.8 Å². The van der Waals surface area contributed by atoms with E-state index in [0.717, 1.165) is 38.9 Å².